The zero-order valence-electron chi connectivity index (χ0n) is 16.1. The van der Waals surface area contributed by atoms with Gasteiger partial charge in [-0.25, -0.2) is 9.18 Å². The van der Waals surface area contributed by atoms with E-state index < -0.39 is 11.1 Å². The summed E-state index contributed by atoms with van der Waals surface area (Å²) in [6.45, 7) is 2.04. The van der Waals surface area contributed by atoms with Crippen LogP contribution in [0.2, 0.25) is 0 Å². The third-order valence-electron chi connectivity index (χ3n) is 4.74. The fraction of sp³-hybridized carbons (Fsp3) is 0.130. The number of nitrogens with zero attached hydrogens (tertiary/aromatic N) is 1. The van der Waals surface area contributed by atoms with E-state index in [1.165, 1.54) is 24.4 Å². The highest BCUT2D eigenvalue weighted by Crippen LogP contribution is 2.22. The van der Waals surface area contributed by atoms with Gasteiger partial charge >= 0.3 is 5.63 Å². The number of halogens is 1. The maximum absolute atomic E-state index is 13.3. The van der Waals surface area contributed by atoms with Gasteiger partial charge in [-0.05, 0) is 42.8 Å². The summed E-state index contributed by atoms with van der Waals surface area (Å²) >= 11 is 0. The van der Waals surface area contributed by atoms with Crippen molar-refractivity contribution in [2.45, 2.75) is 20.1 Å². The summed E-state index contributed by atoms with van der Waals surface area (Å²) in [4.78, 5) is 23.9. The Morgan fingerprint density at radius 1 is 1.10 bits per heavy atom. The molecule has 0 saturated heterocycles. The second-order valence-corrected chi connectivity index (χ2v) is 6.97. The molecule has 0 bridgehead atoms. The van der Waals surface area contributed by atoms with E-state index in [4.69, 9.17) is 9.15 Å². The van der Waals surface area contributed by atoms with Crippen molar-refractivity contribution in [3.8, 4) is 11.5 Å². The van der Waals surface area contributed by atoms with Gasteiger partial charge in [-0.3, -0.25) is 4.79 Å². The van der Waals surface area contributed by atoms with Crippen LogP contribution in [0.4, 0.5) is 4.39 Å². The largest absolute Gasteiger partial charge is 0.503 e. The molecule has 6 nitrogen and oxygen atoms in total. The Bertz CT molecular complexity index is 1360. The van der Waals surface area contributed by atoms with Gasteiger partial charge in [-0.1, -0.05) is 12.1 Å². The molecule has 0 aliphatic rings. The van der Waals surface area contributed by atoms with Crippen molar-refractivity contribution in [3.05, 3.63) is 104 Å². The number of hydrogen-bond donors (Lipinski definition) is 1. The molecule has 0 radical (unpaired) electrons. The molecule has 4 rings (SSSR count). The van der Waals surface area contributed by atoms with Crippen LogP contribution in [0.5, 0.6) is 11.5 Å². The number of aromatic hydroxyl groups is 1. The molecule has 2 aromatic heterocycles. The standard InChI is InChI=1S/C23H18FNO5/c1-14-7-20(26)21(27)12-25(14)11-17-9-16-5-6-19(10-22(16)30-23(17)28)29-13-15-3-2-4-18(24)8-15/h2-10,12,27H,11,13H2,1H3. The SMILES string of the molecule is Cc1cc(=O)c(O)cn1Cc1cc2ccc(OCc3cccc(F)c3)cc2oc1=O. The molecule has 0 atom stereocenters. The summed E-state index contributed by atoms with van der Waals surface area (Å²) in [6, 6.07) is 14.2. The molecule has 0 fully saturated rings. The third-order valence-corrected chi connectivity index (χ3v) is 4.74. The lowest BCUT2D eigenvalue weighted by Gasteiger charge is -2.11. The number of aryl methyl sites for hydroxylation is 1. The van der Waals surface area contributed by atoms with Crippen LogP contribution >= 0.6 is 0 Å². The lowest BCUT2D eigenvalue weighted by atomic mass is 10.1. The second kappa shape index (κ2) is 7.87. The summed E-state index contributed by atoms with van der Waals surface area (Å²) in [5, 5.41) is 10.4. The average Bonchev–Trinajstić information content (AvgIpc) is 2.71. The quantitative estimate of drug-likeness (QED) is 0.510. The fourth-order valence-corrected chi connectivity index (χ4v) is 3.14. The molecular weight excluding hydrogens is 389 g/mol. The predicted octanol–water partition coefficient (Wildman–Crippen LogP) is 3.74. The van der Waals surface area contributed by atoms with Gasteiger partial charge in [0.15, 0.2) is 5.75 Å². The minimum atomic E-state index is -0.526. The fourth-order valence-electron chi connectivity index (χ4n) is 3.14. The van der Waals surface area contributed by atoms with Gasteiger partial charge in [-0.2, -0.15) is 0 Å². The molecule has 30 heavy (non-hydrogen) atoms. The maximum Gasteiger partial charge on any atom is 0.341 e. The van der Waals surface area contributed by atoms with Gasteiger partial charge in [-0.15, -0.1) is 0 Å². The summed E-state index contributed by atoms with van der Waals surface area (Å²) in [6.07, 6.45) is 1.30. The summed E-state index contributed by atoms with van der Waals surface area (Å²) in [5.74, 6) is -0.228. The predicted molar refractivity (Wildman–Crippen MR) is 109 cm³/mol. The zero-order valence-corrected chi connectivity index (χ0v) is 16.1. The number of fused-ring (bicyclic) bond motifs is 1. The number of hydrogen-bond acceptors (Lipinski definition) is 5. The molecule has 0 spiro atoms. The van der Waals surface area contributed by atoms with E-state index in [9.17, 15) is 19.1 Å². The van der Waals surface area contributed by atoms with Crippen LogP contribution in [0.15, 0.2) is 74.8 Å². The van der Waals surface area contributed by atoms with Gasteiger partial charge in [0.05, 0.1) is 18.3 Å². The summed E-state index contributed by atoms with van der Waals surface area (Å²) < 4.78 is 26.0. The molecule has 0 aliphatic heterocycles. The second-order valence-electron chi connectivity index (χ2n) is 6.97. The summed E-state index contributed by atoms with van der Waals surface area (Å²) in [7, 11) is 0. The Morgan fingerprint density at radius 3 is 2.73 bits per heavy atom. The highest BCUT2D eigenvalue weighted by Gasteiger charge is 2.10. The lowest BCUT2D eigenvalue weighted by Crippen LogP contribution is -2.15. The Hall–Kier alpha value is -3.87. The molecule has 2 aromatic carbocycles. The van der Waals surface area contributed by atoms with Crippen molar-refractivity contribution in [3.63, 3.8) is 0 Å². The molecule has 1 N–H and O–H groups in total. The Balaban J connectivity index is 1.59. The van der Waals surface area contributed by atoms with E-state index >= 15 is 0 Å². The monoisotopic (exact) mass is 407 g/mol. The van der Waals surface area contributed by atoms with Gasteiger partial charge < -0.3 is 18.8 Å². The van der Waals surface area contributed by atoms with Crippen molar-refractivity contribution in [2.75, 3.05) is 0 Å². The zero-order chi connectivity index (χ0) is 21.3. The number of rotatable bonds is 5. The first kappa shape index (κ1) is 19.4. The van der Waals surface area contributed by atoms with E-state index in [0.29, 0.717) is 33.5 Å². The van der Waals surface area contributed by atoms with E-state index in [0.717, 1.165) is 0 Å². The van der Waals surface area contributed by atoms with Crippen molar-refractivity contribution >= 4 is 11.0 Å². The molecule has 0 aliphatic carbocycles. The van der Waals surface area contributed by atoms with Crippen LogP contribution in [-0.4, -0.2) is 9.67 Å². The van der Waals surface area contributed by atoms with E-state index in [1.807, 2.05) is 0 Å². The number of benzene rings is 2. The van der Waals surface area contributed by atoms with E-state index in [2.05, 4.69) is 0 Å². The molecular formula is C23H18FNO5. The number of aromatic nitrogens is 1. The molecule has 0 amide bonds. The maximum atomic E-state index is 13.3. The van der Waals surface area contributed by atoms with Gasteiger partial charge in [0.1, 0.15) is 23.8 Å². The smallest absolute Gasteiger partial charge is 0.341 e. The number of pyridine rings is 1. The van der Waals surface area contributed by atoms with Crippen molar-refractivity contribution in [2.24, 2.45) is 0 Å². The van der Waals surface area contributed by atoms with Gasteiger partial charge in [0, 0.05) is 23.2 Å². The van der Waals surface area contributed by atoms with Gasteiger partial charge in [0.25, 0.3) is 0 Å². The third kappa shape index (κ3) is 4.10. The van der Waals surface area contributed by atoms with E-state index in [-0.39, 0.29) is 24.7 Å². The Kier molecular flexibility index (Phi) is 5.10. The normalized spacial score (nSPS) is 11.0. The van der Waals surface area contributed by atoms with Crippen LogP contribution in [0.3, 0.4) is 0 Å². The lowest BCUT2D eigenvalue weighted by molar-refractivity contribution is 0.305. The minimum Gasteiger partial charge on any atom is -0.503 e. The first-order chi connectivity index (χ1) is 14.4. The van der Waals surface area contributed by atoms with Crippen molar-refractivity contribution in [1.82, 2.24) is 4.57 Å². The first-order valence-electron chi connectivity index (χ1n) is 9.23. The molecule has 7 heteroatoms. The van der Waals surface area contributed by atoms with Crippen LogP contribution in [0.1, 0.15) is 16.8 Å². The van der Waals surface area contributed by atoms with Crippen LogP contribution in [0, 0.1) is 12.7 Å². The molecule has 4 aromatic rings. The van der Waals surface area contributed by atoms with Crippen LogP contribution < -0.4 is 15.8 Å². The van der Waals surface area contributed by atoms with Crippen LogP contribution in [0.25, 0.3) is 11.0 Å². The molecule has 0 unspecified atom stereocenters. The Morgan fingerprint density at radius 2 is 1.93 bits per heavy atom. The topological polar surface area (TPSA) is 81.7 Å². The van der Waals surface area contributed by atoms with Crippen molar-refractivity contribution in [1.29, 1.82) is 0 Å². The molecule has 2 heterocycles. The van der Waals surface area contributed by atoms with Crippen LogP contribution in [-0.2, 0) is 13.2 Å². The molecule has 152 valence electrons. The first-order valence-corrected chi connectivity index (χ1v) is 9.23. The highest BCUT2D eigenvalue weighted by molar-refractivity contribution is 5.78. The number of ether oxygens (including phenoxy) is 1. The molecule has 0 saturated carbocycles. The minimum absolute atomic E-state index is 0.149. The van der Waals surface area contributed by atoms with E-state index in [1.54, 1.807) is 47.9 Å². The van der Waals surface area contributed by atoms with Gasteiger partial charge in [0.2, 0.25) is 5.43 Å². The summed E-state index contributed by atoms with van der Waals surface area (Å²) in [5.41, 5.74) is 1.04. The highest BCUT2D eigenvalue weighted by atomic mass is 19.1. The van der Waals surface area contributed by atoms with Crippen molar-refractivity contribution < 1.29 is 18.7 Å². The average molecular weight is 407 g/mol. The Labute approximate surface area is 170 Å².